The number of thiazole rings is 1. The zero-order chi connectivity index (χ0) is 12.5. The average molecular weight is 326 g/mol. The number of aromatic nitrogens is 1. The van der Waals surface area contributed by atoms with Crippen LogP contribution in [0.4, 0.5) is 5.13 Å². The maximum absolute atomic E-state index is 4.64. The van der Waals surface area contributed by atoms with E-state index in [0.717, 1.165) is 15.1 Å². The first kappa shape index (κ1) is 12.4. The van der Waals surface area contributed by atoms with E-state index in [1.54, 1.807) is 11.3 Å². The van der Waals surface area contributed by atoms with Gasteiger partial charge in [0.2, 0.25) is 0 Å². The molecule has 0 radical (unpaired) electrons. The fourth-order valence-electron chi connectivity index (χ4n) is 2.29. The zero-order valence-electron chi connectivity index (χ0n) is 10.3. The molecule has 3 nitrogen and oxygen atoms in total. The lowest BCUT2D eigenvalue weighted by molar-refractivity contribution is 0.264. The Morgan fingerprint density at radius 3 is 2.94 bits per heavy atom. The van der Waals surface area contributed by atoms with Crippen LogP contribution >= 0.6 is 27.3 Å². The average Bonchev–Trinajstić information content (AvgIpc) is 2.73. The fourth-order valence-corrected chi connectivity index (χ4v) is 3.78. The number of piperidine rings is 1. The number of hydrogen-bond donors (Lipinski definition) is 1. The normalized spacial score (nSPS) is 18.3. The topological polar surface area (TPSA) is 28.2 Å². The summed E-state index contributed by atoms with van der Waals surface area (Å²) in [6, 6.07) is 6.81. The Kier molecular flexibility index (Phi) is 3.54. The van der Waals surface area contributed by atoms with Crippen molar-refractivity contribution in [3.8, 4) is 0 Å². The molecule has 0 saturated carbocycles. The first-order valence-electron chi connectivity index (χ1n) is 6.22. The minimum Gasteiger partial charge on any atom is -0.359 e. The van der Waals surface area contributed by atoms with Crippen LogP contribution in [0.5, 0.6) is 0 Å². The minimum atomic E-state index is 0.574. The highest BCUT2D eigenvalue weighted by Gasteiger charge is 2.17. The van der Waals surface area contributed by atoms with Gasteiger partial charge in [0, 0.05) is 10.5 Å². The quantitative estimate of drug-likeness (QED) is 0.914. The molecule has 0 aliphatic carbocycles. The van der Waals surface area contributed by atoms with Gasteiger partial charge in [0.25, 0.3) is 0 Å². The van der Waals surface area contributed by atoms with Crippen molar-refractivity contribution in [3.63, 3.8) is 0 Å². The SMILES string of the molecule is CN1CCC(Nc2nc3ccc(Br)cc3s2)CC1. The smallest absolute Gasteiger partial charge is 0.184 e. The van der Waals surface area contributed by atoms with Crippen LogP contribution in [0.25, 0.3) is 10.2 Å². The summed E-state index contributed by atoms with van der Waals surface area (Å²) in [6.45, 7) is 2.35. The summed E-state index contributed by atoms with van der Waals surface area (Å²) in [5, 5.41) is 4.63. The highest BCUT2D eigenvalue weighted by atomic mass is 79.9. The molecule has 1 aromatic carbocycles. The van der Waals surface area contributed by atoms with Gasteiger partial charge in [-0.1, -0.05) is 27.3 Å². The van der Waals surface area contributed by atoms with E-state index in [-0.39, 0.29) is 0 Å². The molecular weight excluding hydrogens is 310 g/mol. The Hall–Kier alpha value is -0.650. The number of benzene rings is 1. The van der Waals surface area contributed by atoms with E-state index < -0.39 is 0 Å². The van der Waals surface area contributed by atoms with Gasteiger partial charge < -0.3 is 10.2 Å². The predicted molar refractivity (Wildman–Crippen MR) is 81.5 cm³/mol. The van der Waals surface area contributed by atoms with Crippen LogP contribution in [0.1, 0.15) is 12.8 Å². The molecule has 1 aromatic heterocycles. The van der Waals surface area contributed by atoms with E-state index in [2.05, 4.69) is 50.3 Å². The van der Waals surface area contributed by atoms with Crippen LogP contribution in [0.15, 0.2) is 22.7 Å². The molecule has 1 saturated heterocycles. The lowest BCUT2D eigenvalue weighted by atomic mass is 10.1. The second-order valence-corrected chi connectivity index (χ2v) is 6.80. The van der Waals surface area contributed by atoms with E-state index >= 15 is 0 Å². The van der Waals surface area contributed by atoms with Crippen LogP contribution in [0, 0.1) is 0 Å². The fraction of sp³-hybridized carbons (Fsp3) is 0.462. The summed E-state index contributed by atoms with van der Waals surface area (Å²) in [5.41, 5.74) is 1.08. The second kappa shape index (κ2) is 5.15. The van der Waals surface area contributed by atoms with Crippen LogP contribution in [-0.2, 0) is 0 Å². The van der Waals surface area contributed by atoms with E-state index in [4.69, 9.17) is 0 Å². The maximum atomic E-state index is 4.64. The molecule has 0 unspecified atom stereocenters. The van der Waals surface area contributed by atoms with E-state index in [1.165, 1.54) is 30.6 Å². The second-order valence-electron chi connectivity index (χ2n) is 4.85. The van der Waals surface area contributed by atoms with Crippen LogP contribution < -0.4 is 5.32 Å². The molecule has 18 heavy (non-hydrogen) atoms. The highest BCUT2D eigenvalue weighted by molar-refractivity contribution is 9.10. The molecular formula is C13H16BrN3S. The molecule has 5 heteroatoms. The van der Waals surface area contributed by atoms with Gasteiger partial charge >= 0.3 is 0 Å². The molecule has 0 atom stereocenters. The molecule has 96 valence electrons. The summed E-state index contributed by atoms with van der Waals surface area (Å²) >= 11 is 5.24. The number of fused-ring (bicyclic) bond motifs is 1. The Balaban J connectivity index is 1.74. The van der Waals surface area contributed by atoms with E-state index in [0.29, 0.717) is 6.04 Å². The summed E-state index contributed by atoms with van der Waals surface area (Å²) < 4.78 is 2.35. The van der Waals surface area contributed by atoms with Gasteiger partial charge in [-0.3, -0.25) is 0 Å². The molecule has 0 amide bonds. The number of nitrogens with zero attached hydrogens (tertiary/aromatic N) is 2. The number of nitrogens with one attached hydrogen (secondary N) is 1. The Labute approximate surface area is 119 Å². The van der Waals surface area contributed by atoms with Crippen molar-refractivity contribution in [2.45, 2.75) is 18.9 Å². The van der Waals surface area contributed by atoms with Crippen LogP contribution in [0.2, 0.25) is 0 Å². The van der Waals surface area contributed by atoms with Gasteiger partial charge in [-0.25, -0.2) is 4.98 Å². The van der Waals surface area contributed by atoms with Crippen molar-refractivity contribution >= 4 is 42.6 Å². The van der Waals surface area contributed by atoms with E-state index in [9.17, 15) is 0 Å². The highest BCUT2D eigenvalue weighted by Crippen LogP contribution is 2.29. The van der Waals surface area contributed by atoms with Crippen LogP contribution in [0.3, 0.4) is 0 Å². The lowest BCUT2D eigenvalue weighted by Gasteiger charge is -2.29. The van der Waals surface area contributed by atoms with Gasteiger partial charge in [0.1, 0.15) is 0 Å². The zero-order valence-corrected chi connectivity index (χ0v) is 12.7. The molecule has 0 bridgehead atoms. The monoisotopic (exact) mass is 325 g/mol. The third-order valence-corrected chi connectivity index (χ3v) is 4.84. The molecule has 1 aliphatic heterocycles. The molecule has 1 fully saturated rings. The van der Waals surface area contributed by atoms with Gasteiger partial charge in [-0.05, 0) is 51.2 Å². The standard InChI is InChI=1S/C13H16BrN3S/c1-17-6-4-10(5-7-17)15-13-16-11-3-2-9(14)8-12(11)18-13/h2-3,8,10H,4-7H2,1H3,(H,15,16). The number of rotatable bonds is 2. The first-order valence-corrected chi connectivity index (χ1v) is 7.83. The van der Waals surface area contributed by atoms with Gasteiger partial charge in [-0.15, -0.1) is 0 Å². The summed E-state index contributed by atoms with van der Waals surface area (Å²) in [7, 11) is 2.19. The molecule has 1 N–H and O–H groups in total. The van der Waals surface area contributed by atoms with Crippen molar-refractivity contribution in [2.24, 2.45) is 0 Å². The number of likely N-dealkylation sites (tertiary alicyclic amines) is 1. The number of halogens is 1. The van der Waals surface area contributed by atoms with Crippen molar-refractivity contribution in [2.75, 3.05) is 25.5 Å². The first-order chi connectivity index (χ1) is 8.70. The number of hydrogen-bond acceptors (Lipinski definition) is 4. The summed E-state index contributed by atoms with van der Waals surface area (Å²) in [4.78, 5) is 7.02. The Bertz CT molecular complexity index is 546. The van der Waals surface area contributed by atoms with Crippen molar-refractivity contribution in [1.29, 1.82) is 0 Å². The minimum absolute atomic E-state index is 0.574. The lowest BCUT2D eigenvalue weighted by Crippen LogP contribution is -2.36. The van der Waals surface area contributed by atoms with E-state index in [1.807, 2.05) is 6.07 Å². The maximum Gasteiger partial charge on any atom is 0.184 e. The molecule has 3 rings (SSSR count). The van der Waals surface area contributed by atoms with Gasteiger partial charge in [0.15, 0.2) is 5.13 Å². The third-order valence-electron chi connectivity index (χ3n) is 3.40. The van der Waals surface area contributed by atoms with Crippen molar-refractivity contribution in [1.82, 2.24) is 9.88 Å². The molecule has 1 aliphatic rings. The third kappa shape index (κ3) is 2.68. The Morgan fingerprint density at radius 1 is 1.39 bits per heavy atom. The van der Waals surface area contributed by atoms with Crippen molar-refractivity contribution in [3.05, 3.63) is 22.7 Å². The summed E-state index contributed by atoms with van der Waals surface area (Å²) in [5.74, 6) is 0. The Morgan fingerprint density at radius 2 is 2.17 bits per heavy atom. The predicted octanol–water partition coefficient (Wildman–Crippen LogP) is 3.56. The van der Waals surface area contributed by atoms with Crippen molar-refractivity contribution < 1.29 is 0 Å². The van der Waals surface area contributed by atoms with Gasteiger partial charge in [-0.2, -0.15) is 0 Å². The van der Waals surface area contributed by atoms with Crippen LogP contribution in [-0.4, -0.2) is 36.1 Å². The molecule has 0 spiro atoms. The largest absolute Gasteiger partial charge is 0.359 e. The number of anilines is 1. The van der Waals surface area contributed by atoms with Gasteiger partial charge in [0.05, 0.1) is 10.2 Å². The summed E-state index contributed by atoms with van der Waals surface area (Å²) in [6.07, 6.45) is 2.41. The molecule has 2 heterocycles. The molecule has 2 aromatic rings.